The van der Waals surface area contributed by atoms with Gasteiger partial charge >= 0.3 is 0 Å². The Kier molecular flexibility index (Phi) is 5.63. The molecule has 1 aromatic heterocycles. The van der Waals surface area contributed by atoms with Crippen LogP contribution in [0.25, 0.3) is 11.3 Å². The predicted molar refractivity (Wildman–Crippen MR) is 128 cm³/mol. The number of aromatic nitrogens is 1. The maximum atomic E-state index is 12.7. The van der Waals surface area contributed by atoms with Crippen molar-refractivity contribution in [2.75, 3.05) is 5.32 Å². The van der Waals surface area contributed by atoms with Crippen LogP contribution in [0.2, 0.25) is 0 Å². The number of amides is 1. The number of fused-ring (bicyclic) bond motifs is 1. The molecule has 1 aliphatic carbocycles. The van der Waals surface area contributed by atoms with E-state index >= 15 is 0 Å². The molecule has 0 fully saturated rings. The number of hydrogen-bond donors (Lipinski definition) is 1. The van der Waals surface area contributed by atoms with E-state index in [1.54, 1.807) is 0 Å². The van der Waals surface area contributed by atoms with Crippen molar-refractivity contribution in [1.29, 1.82) is 0 Å². The summed E-state index contributed by atoms with van der Waals surface area (Å²) in [5.41, 5.74) is 8.05. The van der Waals surface area contributed by atoms with E-state index in [9.17, 15) is 4.79 Å². The molecule has 3 nitrogen and oxygen atoms in total. The van der Waals surface area contributed by atoms with Crippen LogP contribution >= 0.6 is 11.3 Å². The Morgan fingerprint density at radius 2 is 1.61 bits per heavy atom. The van der Waals surface area contributed by atoms with Gasteiger partial charge in [-0.25, -0.2) is 4.98 Å². The summed E-state index contributed by atoms with van der Waals surface area (Å²) in [6.45, 7) is 0. The van der Waals surface area contributed by atoms with Crippen LogP contribution in [0, 0.1) is 0 Å². The Bertz CT molecular complexity index is 1200. The van der Waals surface area contributed by atoms with E-state index in [-0.39, 0.29) is 5.91 Å². The third kappa shape index (κ3) is 4.59. The summed E-state index contributed by atoms with van der Waals surface area (Å²) >= 11 is 1.47. The smallest absolute Gasteiger partial charge is 0.257 e. The van der Waals surface area contributed by atoms with Gasteiger partial charge in [0.2, 0.25) is 0 Å². The molecule has 0 saturated carbocycles. The normalized spacial score (nSPS) is 12.9. The summed E-state index contributed by atoms with van der Waals surface area (Å²) < 4.78 is 0. The van der Waals surface area contributed by atoms with Crippen molar-refractivity contribution in [3.05, 3.63) is 106 Å². The Balaban J connectivity index is 1.25. The second-order valence-corrected chi connectivity index (χ2v) is 8.90. The highest BCUT2D eigenvalue weighted by molar-refractivity contribution is 7.14. The second kappa shape index (κ2) is 8.86. The highest BCUT2D eigenvalue weighted by Gasteiger charge is 2.13. The number of rotatable bonds is 5. The number of hydrogen-bond acceptors (Lipinski definition) is 3. The summed E-state index contributed by atoms with van der Waals surface area (Å²) in [6.07, 6.45) is 5.74. The summed E-state index contributed by atoms with van der Waals surface area (Å²) in [5.74, 6) is -0.127. The van der Waals surface area contributed by atoms with Gasteiger partial charge in [-0.1, -0.05) is 54.6 Å². The Morgan fingerprint density at radius 3 is 2.42 bits per heavy atom. The van der Waals surface area contributed by atoms with Gasteiger partial charge in [-0.05, 0) is 72.6 Å². The molecule has 1 amide bonds. The first kappa shape index (κ1) is 19.7. The van der Waals surface area contributed by atoms with Crippen LogP contribution in [-0.2, 0) is 19.3 Å². The molecule has 0 saturated heterocycles. The van der Waals surface area contributed by atoms with E-state index in [4.69, 9.17) is 0 Å². The largest absolute Gasteiger partial charge is 0.298 e. The van der Waals surface area contributed by atoms with Crippen LogP contribution in [0.4, 0.5) is 5.13 Å². The third-order valence-corrected chi connectivity index (χ3v) is 6.59. The Morgan fingerprint density at radius 1 is 0.871 bits per heavy atom. The zero-order valence-electron chi connectivity index (χ0n) is 17.3. The molecule has 0 unspecified atom stereocenters. The van der Waals surface area contributed by atoms with E-state index in [0.717, 1.165) is 24.1 Å². The van der Waals surface area contributed by atoms with Crippen molar-refractivity contribution in [2.45, 2.75) is 32.1 Å². The molecule has 31 heavy (non-hydrogen) atoms. The number of aryl methyl sites for hydroxylation is 2. The fourth-order valence-corrected chi connectivity index (χ4v) is 4.85. The fraction of sp³-hybridized carbons (Fsp3) is 0.185. The van der Waals surface area contributed by atoms with Crippen molar-refractivity contribution in [1.82, 2.24) is 4.98 Å². The molecule has 4 aromatic rings. The predicted octanol–water partition coefficient (Wildman–Crippen LogP) is 6.53. The summed E-state index contributed by atoms with van der Waals surface area (Å²) in [7, 11) is 0. The van der Waals surface area contributed by atoms with Crippen molar-refractivity contribution in [3.63, 3.8) is 0 Å². The van der Waals surface area contributed by atoms with Gasteiger partial charge in [0.05, 0.1) is 5.69 Å². The molecule has 1 N–H and O–H groups in total. The first-order valence-electron chi connectivity index (χ1n) is 10.8. The van der Waals surface area contributed by atoms with Crippen LogP contribution in [0.5, 0.6) is 0 Å². The van der Waals surface area contributed by atoms with E-state index in [1.807, 2.05) is 47.8 Å². The third-order valence-electron chi connectivity index (χ3n) is 5.84. The van der Waals surface area contributed by atoms with E-state index in [2.05, 4.69) is 40.6 Å². The number of thiazole rings is 1. The molecule has 1 heterocycles. The van der Waals surface area contributed by atoms with Gasteiger partial charge in [0, 0.05) is 16.5 Å². The van der Waals surface area contributed by atoms with Gasteiger partial charge in [-0.2, -0.15) is 0 Å². The first-order valence-corrected chi connectivity index (χ1v) is 11.6. The van der Waals surface area contributed by atoms with Gasteiger partial charge in [0.1, 0.15) is 0 Å². The lowest BCUT2D eigenvalue weighted by atomic mass is 9.90. The molecule has 5 rings (SSSR count). The molecule has 0 aliphatic heterocycles. The van der Waals surface area contributed by atoms with Crippen molar-refractivity contribution in [3.8, 4) is 11.3 Å². The average Bonchev–Trinajstić information content (AvgIpc) is 3.28. The minimum atomic E-state index is -0.127. The molecule has 154 valence electrons. The average molecular weight is 425 g/mol. The van der Waals surface area contributed by atoms with Crippen LogP contribution in [-0.4, -0.2) is 10.9 Å². The van der Waals surface area contributed by atoms with Crippen LogP contribution in [0.3, 0.4) is 0 Å². The minimum absolute atomic E-state index is 0.127. The van der Waals surface area contributed by atoms with Gasteiger partial charge in [-0.15, -0.1) is 11.3 Å². The zero-order valence-corrected chi connectivity index (χ0v) is 18.1. The molecule has 0 atom stereocenters. The summed E-state index contributed by atoms with van der Waals surface area (Å²) in [5, 5.41) is 5.60. The molecule has 3 aromatic carbocycles. The van der Waals surface area contributed by atoms with E-state index in [1.165, 1.54) is 52.9 Å². The maximum absolute atomic E-state index is 12.7. The maximum Gasteiger partial charge on any atom is 0.257 e. The number of anilines is 1. The molecule has 4 heteroatoms. The highest BCUT2D eigenvalue weighted by Crippen LogP contribution is 2.29. The highest BCUT2D eigenvalue weighted by atomic mass is 32.1. The van der Waals surface area contributed by atoms with Crippen LogP contribution in [0.15, 0.2) is 78.2 Å². The minimum Gasteiger partial charge on any atom is -0.298 e. The quantitative estimate of drug-likeness (QED) is 0.396. The zero-order chi connectivity index (χ0) is 21.0. The van der Waals surface area contributed by atoms with Crippen LogP contribution < -0.4 is 5.32 Å². The van der Waals surface area contributed by atoms with Crippen LogP contribution in [0.1, 0.15) is 45.5 Å². The number of benzene rings is 3. The van der Waals surface area contributed by atoms with Crippen molar-refractivity contribution >= 4 is 22.4 Å². The van der Waals surface area contributed by atoms with Gasteiger partial charge in [0.25, 0.3) is 5.91 Å². The van der Waals surface area contributed by atoms with Crippen molar-refractivity contribution in [2.24, 2.45) is 0 Å². The van der Waals surface area contributed by atoms with E-state index in [0.29, 0.717) is 10.7 Å². The summed E-state index contributed by atoms with van der Waals surface area (Å²) in [4.78, 5) is 17.3. The van der Waals surface area contributed by atoms with Gasteiger partial charge < -0.3 is 0 Å². The monoisotopic (exact) mass is 424 g/mol. The lowest BCUT2D eigenvalue weighted by molar-refractivity contribution is 0.102. The fourth-order valence-electron chi connectivity index (χ4n) is 4.13. The van der Waals surface area contributed by atoms with Gasteiger partial charge in [0.15, 0.2) is 5.13 Å². The molecule has 0 spiro atoms. The van der Waals surface area contributed by atoms with Gasteiger partial charge in [-0.3, -0.25) is 10.1 Å². The first-order chi connectivity index (χ1) is 15.2. The Labute approximate surface area is 186 Å². The second-order valence-electron chi connectivity index (χ2n) is 8.04. The number of carbonyl (C=O) groups is 1. The number of carbonyl (C=O) groups excluding carboxylic acids is 1. The molecule has 1 aliphatic rings. The molecule has 0 radical (unpaired) electrons. The number of nitrogens with one attached hydrogen (secondary N) is 1. The molecular formula is C27H24N2OS. The summed E-state index contributed by atoms with van der Waals surface area (Å²) in [6, 6.07) is 24.8. The van der Waals surface area contributed by atoms with Crippen molar-refractivity contribution < 1.29 is 4.79 Å². The standard InChI is InChI=1S/C27H24N2OS/c30-26(22-12-10-20(11-13-22)16-19-6-2-1-3-7-19)29-27-28-25(18-31-27)24-15-14-21-8-4-5-9-23(21)17-24/h1-3,6-7,10-15,17-18H,4-5,8-9,16H2,(H,28,29,30). The number of nitrogens with zero attached hydrogens (tertiary/aromatic N) is 1. The lowest BCUT2D eigenvalue weighted by Crippen LogP contribution is -2.11. The Hall–Kier alpha value is -3.24. The lowest BCUT2D eigenvalue weighted by Gasteiger charge is -2.16. The topological polar surface area (TPSA) is 42.0 Å². The SMILES string of the molecule is O=C(Nc1nc(-c2ccc3c(c2)CCCC3)cs1)c1ccc(Cc2ccccc2)cc1. The molecular weight excluding hydrogens is 400 g/mol. The molecule has 0 bridgehead atoms. The van der Waals surface area contributed by atoms with E-state index < -0.39 is 0 Å².